The van der Waals surface area contributed by atoms with Gasteiger partial charge in [0.25, 0.3) is 0 Å². The number of carbonyl (C=O) groups is 4. The van der Waals surface area contributed by atoms with Crippen LogP contribution in [0.25, 0.3) is 5.32 Å². The Morgan fingerprint density at radius 1 is 1.10 bits per heavy atom. The van der Waals surface area contributed by atoms with E-state index < -0.39 is 5.92 Å². The first-order valence-corrected chi connectivity index (χ1v) is 9.86. The fourth-order valence-corrected chi connectivity index (χ4v) is 3.22. The molecule has 152 valence electrons. The van der Waals surface area contributed by atoms with Gasteiger partial charge in [-0.25, -0.2) is 0 Å². The summed E-state index contributed by atoms with van der Waals surface area (Å²) in [6.45, 7) is 2.06. The quantitative estimate of drug-likeness (QED) is 0.343. The summed E-state index contributed by atoms with van der Waals surface area (Å²) in [5.74, 6) is -0.586. The smallest absolute Gasteiger partial charge is 0.648 e. The minimum absolute atomic E-state index is 0. The van der Waals surface area contributed by atoms with Gasteiger partial charge in [-0.05, 0) is 31.7 Å². The van der Waals surface area contributed by atoms with Crippen LogP contribution in [0.15, 0.2) is 24.3 Å². The Morgan fingerprint density at radius 3 is 2.45 bits per heavy atom. The Balaban J connectivity index is 0.00000420. The molecule has 1 unspecified atom stereocenters. The molecule has 1 amide bonds. The summed E-state index contributed by atoms with van der Waals surface area (Å²) in [4.78, 5) is 46.7. The third-order valence-corrected chi connectivity index (χ3v) is 4.83. The van der Waals surface area contributed by atoms with Crippen LogP contribution in [0.3, 0.4) is 0 Å². The number of Topliss-reactive ketones (excluding diaryl/α,β-unsaturated/α-hetero) is 3. The molecule has 0 N–H and O–H groups in total. The monoisotopic (exact) mass is 471 g/mol. The molecule has 0 aromatic heterocycles. The molecular formula is C22H28NO5Rb. The summed E-state index contributed by atoms with van der Waals surface area (Å²) < 4.78 is 5.20. The molecule has 0 radical (unpaired) electrons. The number of ether oxygens (including phenoxy) is 1. The number of hydrogen-bond acceptors (Lipinski definition) is 5. The van der Waals surface area contributed by atoms with Crippen LogP contribution < -0.4 is 58.2 Å². The van der Waals surface area contributed by atoms with Crippen molar-refractivity contribution in [2.24, 2.45) is 5.92 Å². The molecule has 1 fully saturated rings. The third-order valence-electron chi connectivity index (χ3n) is 4.83. The number of carbonyl (C=O) groups excluding carboxylic acids is 4. The second kappa shape index (κ2) is 14.5. The predicted molar refractivity (Wildman–Crippen MR) is 105 cm³/mol. The van der Waals surface area contributed by atoms with E-state index in [0.717, 1.165) is 24.0 Å². The Kier molecular flexibility index (Phi) is 13.2. The molecule has 1 aromatic rings. The van der Waals surface area contributed by atoms with E-state index >= 15 is 0 Å². The SMILES string of the molecule is CC(=O)CCCOCC(=O)[N-]Cc1ccc(CC(=O)C2CCCCC2=O)cc1.[Rb+]. The first kappa shape index (κ1) is 26.5. The van der Waals surface area contributed by atoms with Crippen molar-refractivity contribution >= 4 is 23.3 Å². The first-order chi connectivity index (χ1) is 13.5. The normalized spacial score (nSPS) is 16.0. The van der Waals surface area contributed by atoms with Gasteiger partial charge in [0.15, 0.2) is 0 Å². The van der Waals surface area contributed by atoms with E-state index in [4.69, 9.17) is 4.74 Å². The van der Waals surface area contributed by atoms with Crippen LogP contribution in [-0.2, 0) is 36.9 Å². The van der Waals surface area contributed by atoms with Gasteiger partial charge in [0, 0.05) is 25.9 Å². The molecule has 1 saturated carbocycles. The Bertz CT molecular complexity index is 702. The van der Waals surface area contributed by atoms with Gasteiger partial charge >= 0.3 is 58.2 Å². The van der Waals surface area contributed by atoms with Gasteiger partial charge in [-0.1, -0.05) is 36.2 Å². The maximum atomic E-state index is 12.3. The number of hydrogen-bond donors (Lipinski definition) is 0. The Hall–Kier alpha value is -0.535. The van der Waals surface area contributed by atoms with E-state index in [1.54, 1.807) is 0 Å². The van der Waals surface area contributed by atoms with Gasteiger partial charge in [-0.2, -0.15) is 0 Å². The van der Waals surface area contributed by atoms with Crippen LogP contribution in [0.1, 0.15) is 56.6 Å². The number of nitrogens with zero attached hydrogens (tertiary/aromatic N) is 1. The first-order valence-electron chi connectivity index (χ1n) is 9.86. The summed E-state index contributed by atoms with van der Waals surface area (Å²) in [6.07, 6.45) is 4.35. The molecule has 0 bridgehead atoms. The van der Waals surface area contributed by atoms with E-state index in [2.05, 4.69) is 5.32 Å². The van der Waals surface area contributed by atoms with E-state index in [-0.39, 0.29) is 101 Å². The van der Waals surface area contributed by atoms with E-state index in [9.17, 15) is 19.2 Å². The Morgan fingerprint density at radius 2 is 1.79 bits per heavy atom. The van der Waals surface area contributed by atoms with E-state index in [1.807, 2.05) is 24.3 Å². The molecule has 0 spiro atoms. The summed E-state index contributed by atoms with van der Waals surface area (Å²) in [5, 5.41) is 3.96. The van der Waals surface area contributed by atoms with Crippen molar-refractivity contribution in [3.8, 4) is 0 Å². The van der Waals surface area contributed by atoms with Crippen LogP contribution in [0.5, 0.6) is 0 Å². The maximum Gasteiger partial charge on any atom is 1.00 e. The number of benzene rings is 1. The zero-order valence-corrected chi connectivity index (χ0v) is 22.4. The van der Waals surface area contributed by atoms with Crippen molar-refractivity contribution in [1.82, 2.24) is 0 Å². The van der Waals surface area contributed by atoms with Crippen molar-refractivity contribution in [2.45, 2.75) is 58.4 Å². The topological polar surface area (TPSA) is 91.6 Å². The van der Waals surface area contributed by atoms with Crippen molar-refractivity contribution in [3.05, 3.63) is 40.7 Å². The average Bonchev–Trinajstić information content (AvgIpc) is 2.67. The maximum absolute atomic E-state index is 12.3. The van der Waals surface area contributed by atoms with Crippen LogP contribution in [0.4, 0.5) is 0 Å². The summed E-state index contributed by atoms with van der Waals surface area (Å²) in [7, 11) is 0. The van der Waals surface area contributed by atoms with Gasteiger partial charge in [-0.3, -0.25) is 9.59 Å². The van der Waals surface area contributed by atoms with Crippen molar-refractivity contribution in [1.29, 1.82) is 0 Å². The van der Waals surface area contributed by atoms with Crippen LogP contribution in [-0.4, -0.2) is 36.5 Å². The van der Waals surface area contributed by atoms with Gasteiger partial charge in [-0.15, -0.1) is 6.54 Å². The zero-order valence-electron chi connectivity index (χ0n) is 17.4. The standard InChI is InChI=1S/C22H29NO5.Rb/c1-16(24)5-4-12-28-15-22(27)23-14-18-10-8-17(9-11-18)13-21(26)19-6-2-3-7-20(19)25;/h8-11,19H,2-7,12-15H2,1H3,(H,23,27);/q;+1/p-1. The molecule has 2 rings (SSSR count). The second-order valence-corrected chi connectivity index (χ2v) is 7.29. The number of rotatable bonds is 11. The number of ketones is 3. The van der Waals surface area contributed by atoms with E-state index in [0.29, 0.717) is 32.3 Å². The van der Waals surface area contributed by atoms with Crippen LogP contribution in [0, 0.1) is 5.92 Å². The van der Waals surface area contributed by atoms with E-state index in [1.165, 1.54) is 6.92 Å². The fourth-order valence-electron chi connectivity index (χ4n) is 3.22. The van der Waals surface area contributed by atoms with Gasteiger partial charge in [0.05, 0.1) is 18.4 Å². The minimum atomic E-state index is -0.434. The largest absolute Gasteiger partial charge is 1.00 e. The second-order valence-electron chi connectivity index (χ2n) is 7.29. The zero-order chi connectivity index (χ0) is 20.4. The molecule has 1 atom stereocenters. The molecule has 1 aromatic carbocycles. The molecule has 0 saturated heterocycles. The third kappa shape index (κ3) is 10.4. The van der Waals surface area contributed by atoms with Gasteiger partial charge < -0.3 is 19.6 Å². The van der Waals surface area contributed by atoms with Crippen molar-refractivity contribution in [3.63, 3.8) is 0 Å². The Labute approximate surface area is 221 Å². The van der Waals surface area contributed by atoms with Crippen LogP contribution in [0.2, 0.25) is 0 Å². The van der Waals surface area contributed by atoms with Crippen molar-refractivity contribution < 1.29 is 82.1 Å². The molecule has 6 nitrogen and oxygen atoms in total. The van der Waals surface area contributed by atoms with Gasteiger partial charge in [0.1, 0.15) is 17.3 Å². The minimum Gasteiger partial charge on any atom is -0.648 e. The summed E-state index contributed by atoms with van der Waals surface area (Å²) in [5.41, 5.74) is 1.74. The molecule has 0 heterocycles. The fraction of sp³-hybridized carbons (Fsp3) is 0.545. The number of amides is 1. The molecule has 1 aliphatic carbocycles. The molecule has 29 heavy (non-hydrogen) atoms. The van der Waals surface area contributed by atoms with Crippen molar-refractivity contribution in [2.75, 3.05) is 13.2 Å². The van der Waals surface area contributed by atoms with Crippen LogP contribution >= 0.6 is 0 Å². The molecule has 7 heteroatoms. The molecular weight excluding hydrogens is 444 g/mol. The molecule has 1 aliphatic rings. The van der Waals surface area contributed by atoms with Gasteiger partial charge in [0.2, 0.25) is 0 Å². The average molecular weight is 472 g/mol. The summed E-state index contributed by atoms with van der Waals surface area (Å²) in [6, 6.07) is 7.38. The predicted octanol–water partition coefficient (Wildman–Crippen LogP) is 0.348. The summed E-state index contributed by atoms with van der Waals surface area (Å²) >= 11 is 0. The molecule has 0 aliphatic heterocycles.